The molecular weight excluding hydrogens is 272 g/mol. The molecule has 0 aliphatic rings. The molecule has 0 aliphatic heterocycles. The van der Waals surface area contributed by atoms with Crippen molar-refractivity contribution in [1.82, 2.24) is 20.1 Å². The van der Waals surface area contributed by atoms with E-state index in [9.17, 15) is 22.4 Å². The summed E-state index contributed by atoms with van der Waals surface area (Å²) in [5.74, 6) is -4.92. The van der Waals surface area contributed by atoms with Crippen molar-refractivity contribution in [3.63, 3.8) is 0 Å². The number of amides is 1. The van der Waals surface area contributed by atoms with Crippen molar-refractivity contribution in [2.45, 2.75) is 18.9 Å². The summed E-state index contributed by atoms with van der Waals surface area (Å²) in [6.07, 6.45) is -1.06. The summed E-state index contributed by atoms with van der Waals surface area (Å²) in [6, 6.07) is 0. The zero-order valence-electron chi connectivity index (χ0n) is 9.73. The van der Waals surface area contributed by atoms with Crippen molar-refractivity contribution in [2.24, 2.45) is 0 Å². The smallest absolute Gasteiger partial charge is 0.330 e. The molecule has 0 saturated carbocycles. The molecular formula is C9H12F4N4O2. The predicted octanol–water partition coefficient (Wildman–Crippen LogP) is 0.311. The van der Waals surface area contributed by atoms with Gasteiger partial charge in [-0.25, -0.2) is 13.8 Å². The van der Waals surface area contributed by atoms with Crippen molar-refractivity contribution >= 4 is 5.91 Å². The molecule has 1 N–H and O–H groups in total. The van der Waals surface area contributed by atoms with Crippen molar-refractivity contribution in [3.8, 4) is 0 Å². The zero-order valence-corrected chi connectivity index (χ0v) is 9.73. The number of halogens is 4. The van der Waals surface area contributed by atoms with Crippen LogP contribution in [0.2, 0.25) is 0 Å². The number of nitrogens with one attached hydrogen (secondary N) is 1. The summed E-state index contributed by atoms with van der Waals surface area (Å²) in [6.45, 7) is -1.67. The van der Waals surface area contributed by atoms with E-state index in [1.165, 1.54) is 17.3 Å². The van der Waals surface area contributed by atoms with Crippen molar-refractivity contribution in [2.75, 3.05) is 19.8 Å². The van der Waals surface area contributed by atoms with E-state index in [1.54, 1.807) is 0 Å². The van der Waals surface area contributed by atoms with E-state index in [0.29, 0.717) is 6.54 Å². The molecule has 1 rings (SSSR count). The van der Waals surface area contributed by atoms with E-state index in [0.717, 1.165) is 0 Å². The lowest BCUT2D eigenvalue weighted by atomic mass is 10.4. The van der Waals surface area contributed by atoms with Crippen LogP contribution in [0.25, 0.3) is 0 Å². The minimum absolute atomic E-state index is 0.191. The first kappa shape index (κ1) is 15.3. The summed E-state index contributed by atoms with van der Waals surface area (Å²) in [7, 11) is 0. The monoisotopic (exact) mass is 284 g/mol. The number of nitrogens with zero attached hydrogens (tertiary/aromatic N) is 3. The molecule has 10 heteroatoms. The Morgan fingerprint density at radius 3 is 2.79 bits per heavy atom. The first-order valence-corrected chi connectivity index (χ1v) is 5.24. The van der Waals surface area contributed by atoms with Crippen molar-refractivity contribution < 1.29 is 27.1 Å². The van der Waals surface area contributed by atoms with Gasteiger partial charge in [0, 0.05) is 6.54 Å². The lowest BCUT2D eigenvalue weighted by Crippen LogP contribution is -2.36. The van der Waals surface area contributed by atoms with Crippen LogP contribution in [0.1, 0.15) is 0 Å². The van der Waals surface area contributed by atoms with Gasteiger partial charge in [-0.1, -0.05) is 0 Å². The normalized spacial score (nSPS) is 11.8. The van der Waals surface area contributed by atoms with Crippen LogP contribution in [0.3, 0.4) is 0 Å². The Balaban J connectivity index is 2.11. The van der Waals surface area contributed by atoms with E-state index >= 15 is 0 Å². The number of aromatic nitrogens is 3. The standard InChI is InChI=1S/C9H12F4N4O2/c10-8(11)9(12,13)4-19-3-7(18)15-1-2-17-6-14-5-16-17/h5-6,8H,1-4H2,(H,15,18). The van der Waals surface area contributed by atoms with Crippen LogP contribution >= 0.6 is 0 Å². The zero-order chi connectivity index (χ0) is 14.3. The molecule has 0 aromatic carbocycles. The molecule has 0 saturated heterocycles. The number of ether oxygens (including phenoxy) is 1. The Kier molecular flexibility index (Phi) is 5.67. The molecule has 0 unspecified atom stereocenters. The van der Waals surface area contributed by atoms with Gasteiger partial charge < -0.3 is 10.1 Å². The second kappa shape index (κ2) is 7.02. The maximum atomic E-state index is 12.4. The Morgan fingerprint density at radius 1 is 1.47 bits per heavy atom. The minimum Gasteiger partial charge on any atom is -0.365 e. The average Bonchev–Trinajstić information content (AvgIpc) is 2.81. The highest BCUT2D eigenvalue weighted by Gasteiger charge is 2.41. The van der Waals surface area contributed by atoms with Crippen LogP contribution in [0.5, 0.6) is 0 Å². The molecule has 6 nitrogen and oxygen atoms in total. The van der Waals surface area contributed by atoms with Gasteiger partial charge in [-0.3, -0.25) is 9.48 Å². The Morgan fingerprint density at radius 2 is 2.21 bits per heavy atom. The van der Waals surface area contributed by atoms with Gasteiger partial charge in [0.15, 0.2) is 0 Å². The second-order valence-corrected chi connectivity index (χ2v) is 3.56. The highest BCUT2D eigenvalue weighted by Crippen LogP contribution is 2.22. The van der Waals surface area contributed by atoms with Crippen LogP contribution < -0.4 is 5.32 Å². The van der Waals surface area contributed by atoms with Gasteiger partial charge in [0.2, 0.25) is 5.91 Å². The van der Waals surface area contributed by atoms with Crippen molar-refractivity contribution in [1.29, 1.82) is 0 Å². The highest BCUT2D eigenvalue weighted by molar-refractivity contribution is 5.77. The number of hydrogen-bond donors (Lipinski definition) is 1. The van der Waals surface area contributed by atoms with Gasteiger partial charge in [0.25, 0.3) is 0 Å². The fourth-order valence-corrected chi connectivity index (χ4v) is 1.05. The Labute approximate surface area is 105 Å². The summed E-state index contributed by atoms with van der Waals surface area (Å²) < 4.78 is 54.0. The molecule has 0 fully saturated rings. The number of hydrogen-bond acceptors (Lipinski definition) is 4. The van der Waals surface area contributed by atoms with Crippen molar-refractivity contribution in [3.05, 3.63) is 12.7 Å². The first-order valence-electron chi connectivity index (χ1n) is 5.24. The number of carbonyl (C=O) groups excluding carboxylic acids is 1. The molecule has 0 spiro atoms. The molecule has 19 heavy (non-hydrogen) atoms. The molecule has 0 bridgehead atoms. The Bertz CT molecular complexity index is 386. The van der Waals surface area contributed by atoms with Gasteiger partial charge in [-0.2, -0.15) is 13.9 Å². The van der Waals surface area contributed by atoms with Crippen LogP contribution in [-0.2, 0) is 16.1 Å². The van der Waals surface area contributed by atoms with Gasteiger partial charge in [0.05, 0.1) is 6.54 Å². The van der Waals surface area contributed by atoms with E-state index in [1.807, 2.05) is 0 Å². The first-order chi connectivity index (χ1) is 8.92. The van der Waals surface area contributed by atoms with Crippen LogP contribution in [0, 0.1) is 0 Å². The fraction of sp³-hybridized carbons (Fsp3) is 0.667. The van der Waals surface area contributed by atoms with E-state index in [2.05, 4.69) is 20.1 Å². The Hall–Kier alpha value is -1.71. The largest absolute Gasteiger partial charge is 0.365 e. The van der Waals surface area contributed by atoms with E-state index in [4.69, 9.17) is 0 Å². The predicted molar refractivity (Wildman–Crippen MR) is 54.8 cm³/mol. The van der Waals surface area contributed by atoms with Gasteiger partial charge in [-0.15, -0.1) is 0 Å². The SMILES string of the molecule is O=C(COCC(F)(F)C(F)F)NCCn1cncn1. The molecule has 0 radical (unpaired) electrons. The quantitative estimate of drug-likeness (QED) is 0.698. The van der Waals surface area contributed by atoms with Gasteiger partial charge in [-0.05, 0) is 0 Å². The van der Waals surface area contributed by atoms with Crippen LogP contribution in [0.4, 0.5) is 17.6 Å². The summed E-state index contributed by atoms with van der Waals surface area (Å²) in [4.78, 5) is 14.8. The summed E-state index contributed by atoms with van der Waals surface area (Å²) in [5, 5.41) is 6.12. The lowest BCUT2D eigenvalue weighted by Gasteiger charge is -2.14. The van der Waals surface area contributed by atoms with Crippen LogP contribution in [-0.4, -0.2) is 52.8 Å². The topological polar surface area (TPSA) is 69.0 Å². The van der Waals surface area contributed by atoms with Gasteiger partial charge >= 0.3 is 12.3 Å². The molecule has 108 valence electrons. The lowest BCUT2D eigenvalue weighted by molar-refractivity contribution is -0.168. The molecule has 1 amide bonds. The average molecular weight is 284 g/mol. The van der Waals surface area contributed by atoms with Gasteiger partial charge in [0.1, 0.15) is 25.9 Å². The third-order valence-electron chi connectivity index (χ3n) is 1.98. The summed E-state index contributed by atoms with van der Waals surface area (Å²) in [5.41, 5.74) is 0. The number of carbonyl (C=O) groups is 1. The minimum atomic E-state index is -4.25. The van der Waals surface area contributed by atoms with Crippen LogP contribution in [0.15, 0.2) is 12.7 Å². The third-order valence-corrected chi connectivity index (χ3v) is 1.98. The number of rotatable bonds is 8. The van der Waals surface area contributed by atoms with E-state index in [-0.39, 0.29) is 6.54 Å². The maximum Gasteiger partial charge on any atom is 0.330 e. The molecule has 1 aromatic heterocycles. The molecule has 1 aromatic rings. The maximum absolute atomic E-state index is 12.4. The molecule has 1 heterocycles. The highest BCUT2D eigenvalue weighted by atomic mass is 19.3. The van der Waals surface area contributed by atoms with E-state index < -0.39 is 31.5 Å². The molecule has 0 aliphatic carbocycles. The second-order valence-electron chi connectivity index (χ2n) is 3.56. The summed E-state index contributed by atoms with van der Waals surface area (Å²) >= 11 is 0. The molecule has 0 atom stereocenters. The fourth-order valence-electron chi connectivity index (χ4n) is 1.05. The third kappa shape index (κ3) is 5.64. The number of alkyl halides is 4.